The quantitative estimate of drug-likeness (QED) is 0.632. The Kier molecular flexibility index (Phi) is 2.61. The second kappa shape index (κ2) is 3.89. The van der Waals surface area contributed by atoms with Crippen molar-refractivity contribution in [3.63, 3.8) is 0 Å². The van der Waals surface area contributed by atoms with Crippen molar-refractivity contribution >= 4 is 0 Å². The summed E-state index contributed by atoms with van der Waals surface area (Å²) in [7, 11) is 0. The molecular formula is C9H16N4. The number of hydrogen-bond acceptors (Lipinski definition) is 3. The van der Waals surface area contributed by atoms with Gasteiger partial charge in [0.25, 0.3) is 0 Å². The van der Waals surface area contributed by atoms with Gasteiger partial charge in [0.2, 0.25) is 0 Å². The molecule has 3 N–H and O–H groups in total. The third-order valence-corrected chi connectivity index (χ3v) is 2.57. The number of nitrogens with zero attached hydrogens (tertiary/aromatic N) is 1. The number of hydrogen-bond donors (Lipinski definition) is 3. The van der Waals surface area contributed by atoms with Gasteiger partial charge in [-0.15, -0.1) is 0 Å². The van der Waals surface area contributed by atoms with Crippen LogP contribution in [0.2, 0.25) is 0 Å². The maximum atomic E-state index is 3.94. The lowest BCUT2D eigenvalue weighted by atomic mass is 10.1. The van der Waals surface area contributed by atoms with E-state index in [1.807, 2.05) is 12.4 Å². The maximum absolute atomic E-state index is 3.94. The molecule has 0 bridgehead atoms. The van der Waals surface area contributed by atoms with Crippen LogP contribution in [-0.4, -0.2) is 29.3 Å². The first-order valence-electron chi connectivity index (χ1n) is 4.81. The maximum Gasteiger partial charge on any atom is 0.0534 e. The molecule has 1 aromatic rings. The molecule has 1 aromatic heterocycles. The third-order valence-electron chi connectivity index (χ3n) is 2.57. The molecule has 0 saturated carbocycles. The highest BCUT2D eigenvalue weighted by molar-refractivity contribution is 5.08. The number of H-pyrrole nitrogens is 1. The molecule has 4 nitrogen and oxygen atoms in total. The lowest BCUT2D eigenvalue weighted by Crippen LogP contribution is -2.32. The molecule has 1 fully saturated rings. The molecule has 1 aliphatic rings. The standard InChI is InChI=1S/C9H16N4/c1-7(8-4-11-12-5-8)13-9-2-3-10-6-9/h4-5,7,9-10,13H,2-3,6H2,1H3,(H,11,12). The average molecular weight is 180 g/mol. The number of aromatic nitrogens is 2. The summed E-state index contributed by atoms with van der Waals surface area (Å²) in [6.45, 7) is 4.39. The van der Waals surface area contributed by atoms with Crippen molar-refractivity contribution in [1.29, 1.82) is 0 Å². The summed E-state index contributed by atoms with van der Waals surface area (Å²) in [5.74, 6) is 0. The lowest BCUT2D eigenvalue weighted by molar-refractivity contribution is 0.478. The minimum Gasteiger partial charge on any atom is -0.315 e. The van der Waals surface area contributed by atoms with Crippen LogP contribution in [0.25, 0.3) is 0 Å². The molecule has 0 aromatic carbocycles. The van der Waals surface area contributed by atoms with Crippen LogP contribution >= 0.6 is 0 Å². The van der Waals surface area contributed by atoms with E-state index in [2.05, 4.69) is 27.8 Å². The Balaban J connectivity index is 1.87. The monoisotopic (exact) mass is 180 g/mol. The summed E-state index contributed by atoms with van der Waals surface area (Å²) < 4.78 is 0. The highest BCUT2D eigenvalue weighted by atomic mass is 15.1. The predicted octanol–water partition coefficient (Wildman–Crippen LogP) is 0.422. The fourth-order valence-corrected chi connectivity index (χ4v) is 1.74. The van der Waals surface area contributed by atoms with Gasteiger partial charge in [-0.25, -0.2) is 0 Å². The Bertz CT molecular complexity index is 238. The molecule has 0 radical (unpaired) electrons. The van der Waals surface area contributed by atoms with Crippen molar-refractivity contribution in [3.8, 4) is 0 Å². The fourth-order valence-electron chi connectivity index (χ4n) is 1.74. The van der Waals surface area contributed by atoms with E-state index in [9.17, 15) is 0 Å². The topological polar surface area (TPSA) is 52.7 Å². The van der Waals surface area contributed by atoms with E-state index in [1.165, 1.54) is 12.0 Å². The Morgan fingerprint density at radius 3 is 3.23 bits per heavy atom. The van der Waals surface area contributed by atoms with Crippen molar-refractivity contribution in [2.24, 2.45) is 0 Å². The lowest BCUT2D eigenvalue weighted by Gasteiger charge is -2.17. The molecule has 0 amide bonds. The Labute approximate surface area is 78.1 Å². The van der Waals surface area contributed by atoms with Crippen LogP contribution in [0.15, 0.2) is 12.4 Å². The minimum atomic E-state index is 0.392. The average Bonchev–Trinajstić information content (AvgIpc) is 2.74. The van der Waals surface area contributed by atoms with Gasteiger partial charge in [0.05, 0.1) is 6.20 Å². The molecule has 72 valence electrons. The molecule has 1 aliphatic heterocycles. The van der Waals surface area contributed by atoms with Crippen LogP contribution in [0.4, 0.5) is 0 Å². The summed E-state index contributed by atoms with van der Waals surface area (Å²) in [5, 5.41) is 13.7. The van der Waals surface area contributed by atoms with E-state index in [-0.39, 0.29) is 0 Å². The van der Waals surface area contributed by atoms with Gasteiger partial charge in [0.15, 0.2) is 0 Å². The van der Waals surface area contributed by atoms with E-state index in [1.54, 1.807) is 0 Å². The van der Waals surface area contributed by atoms with Crippen molar-refractivity contribution < 1.29 is 0 Å². The van der Waals surface area contributed by atoms with Crippen molar-refractivity contribution in [3.05, 3.63) is 18.0 Å². The van der Waals surface area contributed by atoms with Gasteiger partial charge in [-0.2, -0.15) is 5.10 Å². The molecule has 2 rings (SSSR count). The highest BCUT2D eigenvalue weighted by Gasteiger charge is 2.17. The molecule has 4 heteroatoms. The van der Waals surface area contributed by atoms with Crippen LogP contribution < -0.4 is 10.6 Å². The SMILES string of the molecule is CC(NC1CCNC1)c1cn[nH]c1. The zero-order valence-electron chi connectivity index (χ0n) is 7.88. The van der Waals surface area contributed by atoms with Gasteiger partial charge in [-0.1, -0.05) is 0 Å². The largest absolute Gasteiger partial charge is 0.315 e. The summed E-state index contributed by atoms with van der Waals surface area (Å²) >= 11 is 0. The minimum absolute atomic E-state index is 0.392. The van der Waals surface area contributed by atoms with Crippen molar-refractivity contribution in [2.45, 2.75) is 25.4 Å². The van der Waals surface area contributed by atoms with Crippen LogP contribution in [0, 0.1) is 0 Å². The smallest absolute Gasteiger partial charge is 0.0534 e. The Hall–Kier alpha value is -0.870. The summed E-state index contributed by atoms with van der Waals surface area (Å²) in [4.78, 5) is 0. The predicted molar refractivity (Wildman–Crippen MR) is 51.4 cm³/mol. The van der Waals surface area contributed by atoms with E-state index in [0.29, 0.717) is 12.1 Å². The Morgan fingerprint density at radius 2 is 2.62 bits per heavy atom. The molecule has 2 heterocycles. The van der Waals surface area contributed by atoms with E-state index in [4.69, 9.17) is 0 Å². The van der Waals surface area contributed by atoms with Crippen LogP contribution in [-0.2, 0) is 0 Å². The Morgan fingerprint density at radius 1 is 1.69 bits per heavy atom. The van der Waals surface area contributed by atoms with E-state index >= 15 is 0 Å². The fraction of sp³-hybridized carbons (Fsp3) is 0.667. The molecule has 0 aliphatic carbocycles. The second-order valence-corrected chi connectivity index (χ2v) is 3.61. The first-order chi connectivity index (χ1) is 6.36. The van der Waals surface area contributed by atoms with Gasteiger partial charge in [-0.3, -0.25) is 5.10 Å². The zero-order chi connectivity index (χ0) is 9.10. The number of rotatable bonds is 3. The number of nitrogens with one attached hydrogen (secondary N) is 3. The van der Waals surface area contributed by atoms with E-state index in [0.717, 1.165) is 13.1 Å². The molecule has 2 atom stereocenters. The first kappa shape index (κ1) is 8.72. The van der Waals surface area contributed by atoms with Gasteiger partial charge in [-0.05, 0) is 19.9 Å². The van der Waals surface area contributed by atoms with Crippen LogP contribution in [0.1, 0.15) is 24.9 Å². The van der Waals surface area contributed by atoms with Crippen LogP contribution in [0.3, 0.4) is 0 Å². The third kappa shape index (κ3) is 2.08. The summed E-state index contributed by atoms with van der Waals surface area (Å²) in [5.41, 5.74) is 1.23. The summed E-state index contributed by atoms with van der Waals surface area (Å²) in [6, 6.07) is 1.01. The normalized spacial score (nSPS) is 24.8. The van der Waals surface area contributed by atoms with Gasteiger partial charge >= 0.3 is 0 Å². The zero-order valence-corrected chi connectivity index (χ0v) is 7.88. The molecule has 2 unspecified atom stereocenters. The first-order valence-corrected chi connectivity index (χ1v) is 4.81. The summed E-state index contributed by atoms with van der Waals surface area (Å²) in [6.07, 6.45) is 5.04. The highest BCUT2D eigenvalue weighted by Crippen LogP contribution is 2.11. The molecule has 13 heavy (non-hydrogen) atoms. The van der Waals surface area contributed by atoms with E-state index < -0.39 is 0 Å². The van der Waals surface area contributed by atoms with Crippen molar-refractivity contribution in [1.82, 2.24) is 20.8 Å². The molecule has 1 saturated heterocycles. The second-order valence-electron chi connectivity index (χ2n) is 3.61. The van der Waals surface area contributed by atoms with Crippen molar-refractivity contribution in [2.75, 3.05) is 13.1 Å². The van der Waals surface area contributed by atoms with Gasteiger partial charge < -0.3 is 10.6 Å². The van der Waals surface area contributed by atoms with Crippen LogP contribution in [0.5, 0.6) is 0 Å². The van der Waals surface area contributed by atoms with Gasteiger partial charge in [0, 0.05) is 30.4 Å². The molecule has 0 spiro atoms. The number of aromatic amines is 1. The van der Waals surface area contributed by atoms with Gasteiger partial charge in [0.1, 0.15) is 0 Å². The molecular weight excluding hydrogens is 164 g/mol.